The average Bonchev–Trinajstić information content (AvgIpc) is 3.11. The van der Waals surface area contributed by atoms with Gasteiger partial charge in [-0.25, -0.2) is 4.39 Å². The summed E-state index contributed by atoms with van der Waals surface area (Å²) in [6.07, 6.45) is -3.02. The van der Waals surface area contributed by atoms with E-state index in [1.807, 2.05) is 11.8 Å². The number of halogens is 4. The van der Waals surface area contributed by atoms with Crippen LogP contribution in [0.25, 0.3) is 0 Å². The van der Waals surface area contributed by atoms with Gasteiger partial charge in [0.25, 0.3) is 0 Å². The summed E-state index contributed by atoms with van der Waals surface area (Å²) < 4.78 is 65.5. The van der Waals surface area contributed by atoms with E-state index in [0.717, 1.165) is 12.8 Å². The first-order valence-electron chi connectivity index (χ1n) is 11.6. The lowest BCUT2D eigenvalue weighted by Gasteiger charge is -2.34. The molecule has 0 amide bonds. The summed E-state index contributed by atoms with van der Waals surface area (Å²) in [5.41, 5.74) is 0.363. The fourth-order valence-electron chi connectivity index (χ4n) is 4.42. The number of nitrogens with zero attached hydrogens (tertiary/aromatic N) is 3. The SMILES string of the molecule is CCOc1ccc(F)c(N2CCC(Oc3ccc(N4N=C(C(F)(F)F)[C@@H](C)[C@@H]4C)cc3)CC2)c1. The molecule has 5 nitrogen and oxygen atoms in total. The largest absolute Gasteiger partial charge is 0.494 e. The summed E-state index contributed by atoms with van der Waals surface area (Å²) >= 11 is 0. The van der Waals surface area contributed by atoms with Crippen molar-refractivity contribution < 1.29 is 27.0 Å². The van der Waals surface area contributed by atoms with Crippen LogP contribution >= 0.6 is 0 Å². The maximum Gasteiger partial charge on any atom is 0.431 e. The monoisotopic (exact) mass is 479 g/mol. The zero-order chi connectivity index (χ0) is 24.5. The number of rotatable bonds is 6. The molecule has 2 aliphatic rings. The van der Waals surface area contributed by atoms with Gasteiger partial charge in [-0.1, -0.05) is 6.92 Å². The van der Waals surface area contributed by atoms with E-state index in [1.165, 1.54) is 11.1 Å². The predicted molar refractivity (Wildman–Crippen MR) is 124 cm³/mol. The highest BCUT2D eigenvalue weighted by molar-refractivity contribution is 5.95. The first-order chi connectivity index (χ1) is 16.2. The molecule has 1 fully saturated rings. The Labute approximate surface area is 196 Å². The Kier molecular flexibility index (Phi) is 6.91. The number of benzene rings is 2. The fourth-order valence-corrected chi connectivity index (χ4v) is 4.42. The highest BCUT2D eigenvalue weighted by Crippen LogP contribution is 2.35. The zero-order valence-corrected chi connectivity index (χ0v) is 19.5. The lowest BCUT2D eigenvalue weighted by Crippen LogP contribution is -2.38. The lowest BCUT2D eigenvalue weighted by molar-refractivity contribution is -0.0619. The van der Waals surface area contributed by atoms with Gasteiger partial charge in [-0.2, -0.15) is 18.3 Å². The molecule has 2 atom stereocenters. The van der Waals surface area contributed by atoms with Gasteiger partial charge < -0.3 is 14.4 Å². The summed E-state index contributed by atoms with van der Waals surface area (Å²) in [5.74, 6) is 0.304. The van der Waals surface area contributed by atoms with Gasteiger partial charge in [-0.05, 0) is 50.2 Å². The van der Waals surface area contributed by atoms with Gasteiger partial charge in [-0.3, -0.25) is 5.01 Å². The molecule has 2 aromatic carbocycles. The molecule has 0 unspecified atom stereocenters. The van der Waals surface area contributed by atoms with Crippen molar-refractivity contribution in [3.8, 4) is 11.5 Å². The highest BCUT2D eigenvalue weighted by atomic mass is 19.4. The molecule has 2 aromatic rings. The third-order valence-electron chi connectivity index (χ3n) is 6.46. The molecule has 2 heterocycles. The molecule has 0 saturated carbocycles. The maximum absolute atomic E-state index is 14.3. The van der Waals surface area contributed by atoms with Gasteiger partial charge in [-0.15, -0.1) is 0 Å². The van der Waals surface area contributed by atoms with E-state index >= 15 is 0 Å². The first kappa shape index (κ1) is 24.2. The van der Waals surface area contributed by atoms with Gasteiger partial charge in [0.2, 0.25) is 0 Å². The number of alkyl halides is 3. The predicted octanol–water partition coefficient (Wildman–Crippen LogP) is 6.04. The van der Waals surface area contributed by atoms with Crippen LogP contribution in [-0.2, 0) is 0 Å². The molecule has 0 bridgehead atoms. The molecule has 34 heavy (non-hydrogen) atoms. The number of piperidine rings is 1. The smallest absolute Gasteiger partial charge is 0.431 e. The minimum absolute atomic E-state index is 0.0270. The Balaban J connectivity index is 1.36. The van der Waals surface area contributed by atoms with Crippen molar-refractivity contribution in [3.63, 3.8) is 0 Å². The van der Waals surface area contributed by atoms with Crippen LogP contribution < -0.4 is 19.4 Å². The summed E-state index contributed by atoms with van der Waals surface area (Å²) in [7, 11) is 0. The van der Waals surface area contributed by atoms with Crippen molar-refractivity contribution in [2.24, 2.45) is 11.0 Å². The van der Waals surface area contributed by atoms with E-state index in [2.05, 4.69) is 5.10 Å². The Morgan fingerprint density at radius 3 is 2.24 bits per heavy atom. The summed E-state index contributed by atoms with van der Waals surface area (Å²) in [6.45, 7) is 6.97. The molecule has 9 heteroatoms. The van der Waals surface area contributed by atoms with Crippen LogP contribution in [0.3, 0.4) is 0 Å². The molecule has 0 radical (unpaired) electrons. The second-order valence-corrected chi connectivity index (χ2v) is 8.70. The molecule has 0 aliphatic carbocycles. The van der Waals surface area contributed by atoms with Crippen molar-refractivity contribution in [2.75, 3.05) is 29.6 Å². The Bertz CT molecular complexity index is 1020. The standard InChI is InChI=1S/C25H29F4N3O2/c1-4-33-21-9-10-22(26)23(15-21)31-13-11-20(12-14-31)34-19-7-5-18(6-8-19)32-17(3)16(2)24(30-32)25(27,28)29/h5-10,15-17,20H,4,11-14H2,1-3H3/t16-,17-/m0/s1. The van der Waals surface area contributed by atoms with E-state index in [1.54, 1.807) is 50.2 Å². The van der Waals surface area contributed by atoms with Gasteiger partial charge in [0, 0.05) is 37.9 Å². The van der Waals surface area contributed by atoms with E-state index in [0.29, 0.717) is 42.6 Å². The molecular formula is C25H29F4N3O2. The van der Waals surface area contributed by atoms with Crippen LogP contribution in [0.15, 0.2) is 47.6 Å². The van der Waals surface area contributed by atoms with Crippen LogP contribution in [0, 0.1) is 11.7 Å². The highest BCUT2D eigenvalue weighted by Gasteiger charge is 2.46. The summed E-state index contributed by atoms with van der Waals surface area (Å²) in [4.78, 5) is 1.99. The number of hydrogen-bond donors (Lipinski definition) is 0. The van der Waals surface area contributed by atoms with Crippen molar-refractivity contribution in [1.82, 2.24) is 0 Å². The third-order valence-corrected chi connectivity index (χ3v) is 6.46. The van der Waals surface area contributed by atoms with Crippen LogP contribution in [0.4, 0.5) is 28.9 Å². The topological polar surface area (TPSA) is 37.3 Å². The minimum atomic E-state index is -4.44. The van der Waals surface area contributed by atoms with Crippen LogP contribution in [0.1, 0.15) is 33.6 Å². The molecule has 0 N–H and O–H groups in total. The van der Waals surface area contributed by atoms with Gasteiger partial charge in [0.15, 0.2) is 0 Å². The minimum Gasteiger partial charge on any atom is -0.494 e. The normalized spacial score (nSPS) is 21.6. The number of hydrazone groups is 1. The number of ether oxygens (including phenoxy) is 2. The summed E-state index contributed by atoms with van der Waals surface area (Å²) in [5, 5.41) is 5.26. The zero-order valence-electron chi connectivity index (χ0n) is 19.5. The van der Waals surface area contributed by atoms with Crippen LogP contribution in [-0.4, -0.2) is 43.7 Å². The Hall–Kier alpha value is -2.97. The van der Waals surface area contributed by atoms with Gasteiger partial charge >= 0.3 is 6.18 Å². The quantitative estimate of drug-likeness (QED) is 0.474. The molecular weight excluding hydrogens is 450 g/mol. The van der Waals surface area contributed by atoms with Gasteiger partial charge in [0.05, 0.1) is 24.0 Å². The fraction of sp³-hybridized carbons (Fsp3) is 0.480. The van der Waals surface area contributed by atoms with Crippen molar-refractivity contribution >= 4 is 17.1 Å². The van der Waals surface area contributed by atoms with Crippen LogP contribution in [0.2, 0.25) is 0 Å². The van der Waals surface area contributed by atoms with E-state index in [9.17, 15) is 17.6 Å². The molecule has 4 rings (SSSR count). The molecule has 2 aliphatic heterocycles. The second kappa shape index (κ2) is 9.72. The molecule has 0 spiro atoms. The molecule has 0 aromatic heterocycles. The number of anilines is 2. The number of hydrogen-bond acceptors (Lipinski definition) is 5. The second-order valence-electron chi connectivity index (χ2n) is 8.70. The third kappa shape index (κ3) is 5.08. The lowest BCUT2D eigenvalue weighted by atomic mass is 9.98. The van der Waals surface area contributed by atoms with Crippen molar-refractivity contribution in [1.29, 1.82) is 0 Å². The van der Waals surface area contributed by atoms with E-state index < -0.39 is 23.8 Å². The van der Waals surface area contributed by atoms with Crippen molar-refractivity contribution in [2.45, 2.75) is 51.9 Å². The van der Waals surface area contributed by atoms with Gasteiger partial charge in [0.1, 0.15) is 29.1 Å². The maximum atomic E-state index is 14.3. The summed E-state index contributed by atoms with van der Waals surface area (Å²) in [6, 6.07) is 11.3. The van der Waals surface area contributed by atoms with Crippen molar-refractivity contribution in [3.05, 3.63) is 48.3 Å². The van der Waals surface area contributed by atoms with E-state index in [4.69, 9.17) is 9.47 Å². The Morgan fingerprint density at radius 2 is 1.65 bits per heavy atom. The van der Waals surface area contributed by atoms with E-state index in [-0.39, 0.29) is 11.9 Å². The first-order valence-corrected chi connectivity index (χ1v) is 11.6. The molecule has 184 valence electrons. The van der Waals surface area contributed by atoms with Crippen LogP contribution in [0.5, 0.6) is 11.5 Å². The molecule has 1 saturated heterocycles. The average molecular weight is 480 g/mol. The Morgan fingerprint density at radius 1 is 1.00 bits per heavy atom.